The van der Waals surface area contributed by atoms with Crippen molar-refractivity contribution in [3.63, 3.8) is 0 Å². The normalized spacial score (nSPS) is 10.2. The van der Waals surface area contributed by atoms with Crippen molar-refractivity contribution in [3.8, 4) is 0 Å². The molecule has 12 heavy (non-hydrogen) atoms. The van der Waals surface area contributed by atoms with E-state index in [4.69, 9.17) is 1.37 Å². The fourth-order valence-corrected chi connectivity index (χ4v) is 0.748. The number of ether oxygens (including phenoxy) is 1. The molecular weight excluding hydrogens is 160 g/mol. The predicted molar refractivity (Wildman–Crippen MR) is 41.6 cm³/mol. The molecule has 0 aromatic carbocycles. The molecule has 0 spiro atoms. The Morgan fingerprint density at radius 3 is 2.67 bits per heavy atom. The van der Waals surface area contributed by atoms with E-state index in [0.29, 0.717) is 12.8 Å². The van der Waals surface area contributed by atoms with E-state index in [9.17, 15) is 14.4 Å². The van der Waals surface area contributed by atoms with E-state index in [1.165, 1.54) is 0 Å². The van der Waals surface area contributed by atoms with Crippen LogP contribution in [0.3, 0.4) is 0 Å². The minimum absolute atomic E-state index is 0.159. The van der Waals surface area contributed by atoms with Gasteiger partial charge in [0.05, 0.1) is 6.42 Å². The lowest BCUT2D eigenvalue weighted by atomic mass is 10.1. The molecule has 0 saturated heterocycles. The molecule has 68 valence electrons. The van der Waals surface area contributed by atoms with Crippen LogP contribution in [0.1, 0.15) is 27.6 Å². The number of Topliss-reactive ketones (excluding diaryl/α,β-unsaturated/α-hetero) is 2. The summed E-state index contributed by atoms with van der Waals surface area (Å²) < 4.78 is 10.4. The van der Waals surface area contributed by atoms with Crippen LogP contribution in [-0.4, -0.2) is 24.6 Å². The minimum atomic E-state index is -1.25. The van der Waals surface area contributed by atoms with E-state index < -0.39 is 18.8 Å². The van der Waals surface area contributed by atoms with Gasteiger partial charge in [0.15, 0.2) is 7.15 Å². The first-order chi connectivity index (χ1) is 6.06. The van der Waals surface area contributed by atoms with Crippen molar-refractivity contribution in [1.29, 1.82) is 0 Å². The number of hydrogen-bond acceptors (Lipinski definition) is 4. The van der Waals surface area contributed by atoms with Gasteiger partial charge in [-0.3, -0.25) is 14.4 Å². The van der Waals surface area contributed by atoms with Crippen molar-refractivity contribution in [2.75, 3.05) is 6.61 Å². The van der Waals surface area contributed by atoms with Crippen LogP contribution in [0.15, 0.2) is 0 Å². The molecule has 0 aromatic rings. The summed E-state index contributed by atoms with van der Waals surface area (Å²) in [6.45, 7) is 1.37. The maximum absolute atomic E-state index is 10.9. The largest absolute Gasteiger partial charge is 0.460 e. The van der Waals surface area contributed by atoms with Crippen LogP contribution < -0.4 is 0 Å². The Labute approximate surface area is 72.3 Å². The van der Waals surface area contributed by atoms with Crippen molar-refractivity contribution in [2.45, 2.75) is 26.2 Å². The van der Waals surface area contributed by atoms with Gasteiger partial charge in [0.1, 0.15) is 12.4 Å². The molecule has 4 nitrogen and oxygen atoms in total. The molecule has 0 aliphatic carbocycles. The summed E-state index contributed by atoms with van der Waals surface area (Å²) in [6, 6.07) is 0. The third kappa shape index (κ3) is 5.58. The van der Waals surface area contributed by atoms with Crippen LogP contribution >= 0.6 is 0 Å². The Balaban J connectivity index is 3.62. The molecule has 0 aliphatic heterocycles. The van der Waals surface area contributed by atoms with E-state index in [0.717, 1.165) is 0 Å². The third-order valence-electron chi connectivity index (χ3n) is 1.22. The Hall–Kier alpha value is -1.19. The lowest BCUT2D eigenvalue weighted by molar-refractivity contribution is -0.138. The highest BCUT2D eigenvalue weighted by Crippen LogP contribution is 1.95. The highest BCUT2D eigenvalue weighted by molar-refractivity contribution is 5.99. The van der Waals surface area contributed by atoms with Gasteiger partial charge in [-0.05, 0) is 6.42 Å². The second-order valence-electron chi connectivity index (χ2n) is 2.38. The Kier molecular flexibility index (Phi) is 4.83. The van der Waals surface area contributed by atoms with Crippen molar-refractivity contribution >= 4 is 18.0 Å². The van der Waals surface area contributed by atoms with Gasteiger partial charge < -0.3 is 4.74 Å². The zero-order valence-electron chi connectivity index (χ0n) is 7.96. The van der Waals surface area contributed by atoms with Gasteiger partial charge in [-0.25, -0.2) is 0 Å². The van der Waals surface area contributed by atoms with E-state index in [1.54, 1.807) is 0 Å². The second kappa shape index (κ2) is 6.52. The number of carbonyl (C=O) groups excluding carboxylic acids is 3. The van der Waals surface area contributed by atoms with Gasteiger partial charge in [-0.15, -0.1) is 0 Å². The first kappa shape index (κ1) is 8.90. The van der Waals surface area contributed by atoms with Crippen LogP contribution in [0.5, 0.6) is 0 Å². The molecule has 0 aliphatic rings. The van der Waals surface area contributed by atoms with Crippen LogP contribution in [-0.2, 0) is 19.1 Å². The number of rotatable bonds is 6. The van der Waals surface area contributed by atoms with Crippen molar-refractivity contribution in [1.82, 2.24) is 0 Å². The standard InChI is InChI=1S/C8H12O4/c1-2-3-7(10)4-8(11)5-12-6-9/h6H,2-5H2,1H3/i6D. The maximum Gasteiger partial charge on any atom is 0.293 e. The number of carbonyl (C=O) groups is 3. The SMILES string of the molecule is [2H]C(=O)OCC(=O)CC(=O)CCC. The van der Waals surface area contributed by atoms with Gasteiger partial charge in [0.25, 0.3) is 6.45 Å². The lowest BCUT2D eigenvalue weighted by Gasteiger charge is -1.97. The Bertz CT molecular complexity index is 212. The summed E-state index contributed by atoms with van der Waals surface area (Å²) in [7, 11) is 0. The van der Waals surface area contributed by atoms with Gasteiger partial charge in [0, 0.05) is 6.42 Å². The van der Waals surface area contributed by atoms with Crippen molar-refractivity contribution in [2.24, 2.45) is 0 Å². The van der Waals surface area contributed by atoms with Crippen LogP contribution in [0.4, 0.5) is 0 Å². The van der Waals surface area contributed by atoms with Gasteiger partial charge in [-0.2, -0.15) is 0 Å². The molecule has 0 amide bonds. The molecule has 0 N–H and O–H groups in total. The lowest BCUT2D eigenvalue weighted by Crippen LogP contribution is -2.13. The summed E-state index contributed by atoms with van der Waals surface area (Å²) in [6.07, 6.45) is -0.400. The topological polar surface area (TPSA) is 60.4 Å². The Morgan fingerprint density at radius 2 is 2.17 bits per heavy atom. The zero-order chi connectivity index (χ0) is 10.3. The molecule has 0 aromatic heterocycles. The van der Waals surface area contributed by atoms with E-state index in [2.05, 4.69) is 4.74 Å². The molecule has 0 heterocycles. The third-order valence-corrected chi connectivity index (χ3v) is 1.22. The summed E-state index contributed by atoms with van der Waals surface area (Å²) in [4.78, 5) is 31.7. The van der Waals surface area contributed by atoms with E-state index in [1.807, 2.05) is 6.92 Å². The van der Waals surface area contributed by atoms with E-state index in [-0.39, 0.29) is 12.2 Å². The maximum atomic E-state index is 10.9. The van der Waals surface area contributed by atoms with Crippen LogP contribution in [0.2, 0.25) is 0 Å². The fourth-order valence-electron chi connectivity index (χ4n) is 0.748. The van der Waals surface area contributed by atoms with Crippen LogP contribution in [0, 0.1) is 0 Å². The first-order valence-electron chi connectivity index (χ1n) is 4.23. The first-order valence-corrected chi connectivity index (χ1v) is 3.73. The average Bonchev–Trinajstić information content (AvgIpc) is 2.01. The highest BCUT2D eigenvalue weighted by atomic mass is 16.5. The number of ketones is 2. The quantitative estimate of drug-likeness (QED) is 0.433. The second-order valence-corrected chi connectivity index (χ2v) is 2.38. The molecule has 4 heteroatoms. The Morgan fingerprint density at radius 1 is 1.50 bits per heavy atom. The fraction of sp³-hybridized carbons (Fsp3) is 0.625. The highest BCUT2D eigenvalue weighted by Gasteiger charge is 2.08. The smallest absolute Gasteiger partial charge is 0.293 e. The van der Waals surface area contributed by atoms with Gasteiger partial charge >= 0.3 is 0 Å². The molecule has 0 unspecified atom stereocenters. The molecule has 0 rings (SSSR count). The summed E-state index contributed by atoms with van der Waals surface area (Å²) in [5.74, 6) is -0.618. The summed E-state index contributed by atoms with van der Waals surface area (Å²) >= 11 is 0. The average molecular weight is 173 g/mol. The summed E-state index contributed by atoms with van der Waals surface area (Å²) in [5, 5.41) is 0. The zero-order valence-corrected chi connectivity index (χ0v) is 6.96. The minimum Gasteiger partial charge on any atom is -0.460 e. The van der Waals surface area contributed by atoms with Crippen molar-refractivity contribution < 1.29 is 20.5 Å². The van der Waals surface area contributed by atoms with Crippen molar-refractivity contribution in [3.05, 3.63) is 0 Å². The molecular formula is C8H12O4. The number of hydrogen-bond donors (Lipinski definition) is 0. The molecule has 0 saturated carbocycles. The van der Waals surface area contributed by atoms with E-state index >= 15 is 0 Å². The molecule has 0 radical (unpaired) electrons. The van der Waals surface area contributed by atoms with Crippen LogP contribution in [0.25, 0.3) is 0 Å². The summed E-state index contributed by atoms with van der Waals surface area (Å²) in [5.41, 5.74) is 0. The van der Waals surface area contributed by atoms with Gasteiger partial charge in [0.2, 0.25) is 0 Å². The monoisotopic (exact) mass is 173 g/mol. The molecule has 0 atom stereocenters. The predicted octanol–water partition coefficient (Wildman–Crippen LogP) is 0.488. The molecule has 0 bridgehead atoms. The molecule has 0 fully saturated rings. The van der Waals surface area contributed by atoms with Gasteiger partial charge in [-0.1, -0.05) is 6.92 Å².